The topological polar surface area (TPSA) is 80.5 Å². The summed E-state index contributed by atoms with van der Waals surface area (Å²) in [5.41, 5.74) is 7.11. The molecule has 0 saturated heterocycles. The smallest absolute Gasteiger partial charge is 0.204 e. The zero-order chi connectivity index (χ0) is 10.5. The molecule has 0 radical (unpaired) electrons. The van der Waals surface area contributed by atoms with Crippen molar-refractivity contribution in [3.05, 3.63) is 29.8 Å². The average Bonchev–Trinajstić information content (AvgIpc) is 2.80. The Morgan fingerprint density at radius 3 is 2.67 bits per heavy atom. The molecule has 0 aliphatic heterocycles. The average molecular weight is 199 g/mol. The summed E-state index contributed by atoms with van der Waals surface area (Å²) in [4.78, 5) is 0. The summed E-state index contributed by atoms with van der Waals surface area (Å²) >= 11 is 0. The molecular formula is C10H9N5. The first-order chi connectivity index (χ1) is 7.40. The van der Waals surface area contributed by atoms with E-state index in [1.807, 2.05) is 24.3 Å². The van der Waals surface area contributed by atoms with Crippen LogP contribution in [0.1, 0.15) is 5.56 Å². The molecule has 2 aromatic rings. The Bertz CT molecular complexity index is 475. The number of tetrazole rings is 1. The Hall–Kier alpha value is -2.19. The maximum Gasteiger partial charge on any atom is 0.204 e. The predicted molar refractivity (Wildman–Crippen MR) is 55.5 cm³/mol. The van der Waals surface area contributed by atoms with Gasteiger partial charge in [0.15, 0.2) is 0 Å². The SMILES string of the molecule is NCC#Cc1ccc(-c2nn[nH]n2)cc1. The fourth-order valence-electron chi connectivity index (χ4n) is 1.14. The number of nitrogens with two attached hydrogens (primary N) is 1. The van der Waals surface area contributed by atoms with Crippen LogP contribution < -0.4 is 5.73 Å². The summed E-state index contributed by atoms with van der Waals surface area (Å²) in [7, 11) is 0. The van der Waals surface area contributed by atoms with Crippen molar-refractivity contribution in [2.45, 2.75) is 0 Å². The van der Waals surface area contributed by atoms with Crippen LogP contribution in [-0.4, -0.2) is 27.2 Å². The highest BCUT2D eigenvalue weighted by molar-refractivity contribution is 5.55. The molecule has 0 unspecified atom stereocenters. The lowest BCUT2D eigenvalue weighted by atomic mass is 10.1. The number of aromatic nitrogens is 4. The third-order valence-corrected chi connectivity index (χ3v) is 1.82. The Morgan fingerprint density at radius 2 is 2.07 bits per heavy atom. The molecule has 1 aromatic heterocycles. The molecule has 2 rings (SSSR count). The largest absolute Gasteiger partial charge is 0.320 e. The van der Waals surface area contributed by atoms with Gasteiger partial charge < -0.3 is 5.73 Å². The monoisotopic (exact) mass is 199 g/mol. The van der Waals surface area contributed by atoms with Crippen molar-refractivity contribution in [3.63, 3.8) is 0 Å². The second-order valence-electron chi connectivity index (χ2n) is 2.82. The maximum atomic E-state index is 5.28. The van der Waals surface area contributed by atoms with Gasteiger partial charge in [-0.1, -0.05) is 11.8 Å². The van der Waals surface area contributed by atoms with Crippen LogP contribution in [0.5, 0.6) is 0 Å². The summed E-state index contributed by atoms with van der Waals surface area (Å²) < 4.78 is 0. The molecule has 1 heterocycles. The second-order valence-corrected chi connectivity index (χ2v) is 2.82. The quantitative estimate of drug-likeness (QED) is 0.642. The zero-order valence-electron chi connectivity index (χ0n) is 7.94. The van der Waals surface area contributed by atoms with E-state index in [-0.39, 0.29) is 0 Å². The lowest BCUT2D eigenvalue weighted by molar-refractivity contribution is 0.881. The fraction of sp³-hybridized carbons (Fsp3) is 0.100. The molecule has 0 bridgehead atoms. The number of benzene rings is 1. The van der Waals surface area contributed by atoms with Gasteiger partial charge in [0.2, 0.25) is 5.82 Å². The summed E-state index contributed by atoms with van der Waals surface area (Å²) in [6.07, 6.45) is 0. The van der Waals surface area contributed by atoms with Crippen LogP contribution in [0.2, 0.25) is 0 Å². The van der Waals surface area contributed by atoms with Crippen molar-refractivity contribution in [2.24, 2.45) is 5.73 Å². The maximum absolute atomic E-state index is 5.28. The van der Waals surface area contributed by atoms with E-state index in [2.05, 4.69) is 32.5 Å². The number of rotatable bonds is 1. The molecule has 0 amide bonds. The molecule has 5 heteroatoms. The standard InChI is InChI=1S/C10H9N5/c11-7-1-2-8-3-5-9(6-4-8)10-12-14-15-13-10/h3-6H,7,11H2,(H,12,13,14,15). The van der Waals surface area contributed by atoms with Crippen LogP contribution in [0.15, 0.2) is 24.3 Å². The number of nitrogens with zero attached hydrogens (tertiary/aromatic N) is 3. The Morgan fingerprint density at radius 1 is 1.27 bits per heavy atom. The molecule has 5 nitrogen and oxygen atoms in total. The highest BCUT2D eigenvalue weighted by Gasteiger charge is 2.00. The van der Waals surface area contributed by atoms with E-state index in [0.29, 0.717) is 12.4 Å². The van der Waals surface area contributed by atoms with Gasteiger partial charge in [-0.3, -0.25) is 0 Å². The Balaban J connectivity index is 2.25. The van der Waals surface area contributed by atoms with Gasteiger partial charge in [-0.05, 0) is 29.5 Å². The summed E-state index contributed by atoms with van der Waals surface area (Å²) in [5.74, 6) is 6.30. The molecule has 3 N–H and O–H groups in total. The van der Waals surface area contributed by atoms with Crippen molar-refractivity contribution >= 4 is 0 Å². The first kappa shape index (κ1) is 9.37. The van der Waals surface area contributed by atoms with Crippen molar-refractivity contribution in [1.82, 2.24) is 20.6 Å². The molecule has 15 heavy (non-hydrogen) atoms. The van der Waals surface area contributed by atoms with Gasteiger partial charge in [0.25, 0.3) is 0 Å². The van der Waals surface area contributed by atoms with Crippen LogP contribution in [0.3, 0.4) is 0 Å². The number of nitrogens with one attached hydrogen (secondary N) is 1. The van der Waals surface area contributed by atoms with Crippen molar-refractivity contribution in [3.8, 4) is 23.2 Å². The van der Waals surface area contributed by atoms with Crippen LogP contribution in [0.4, 0.5) is 0 Å². The minimum absolute atomic E-state index is 0.368. The Kier molecular flexibility index (Phi) is 2.72. The summed E-state index contributed by atoms with van der Waals surface area (Å²) in [6.45, 7) is 0.368. The number of aromatic amines is 1. The van der Waals surface area contributed by atoms with E-state index in [9.17, 15) is 0 Å². The molecule has 0 aliphatic carbocycles. The molecule has 0 aliphatic rings. The lowest BCUT2D eigenvalue weighted by Gasteiger charge is -1.93. The van der Waals surface area contributed by atoms with Crippen LogP contribution in [-0.2, 0) is 0 Å². The zero-order valence-corrected chi connectivity index (χ0v) is 7.94. The van der Waals surface area contributed by atoms with E-state index in [0.717, 1.165) is 11.1 Å². The van der Waals surface area contributed by atoms with Crippen molar-refractivity contribution in [2.75, 3.05) is 6.54 Å². The minimum atomic E-state index is 0.368. The lowest BCUT2D eigenvalue weighted by Crippen LogP contribution is -1.93. The fourth-order valence-corrected chi connectivity index (χ4v) is 1.14. The summed E-state index contributed by atoms with van der Waals surface area (Å²) in [5, 5.41) is 13.6. The van der Waals surface area contributed by atoms with Crippen molar-refractivity contribution in [1.29, 1.82) is 0 Å². The molecule has 0 fully saturated rings. The predicted octanol–water partition coefficient (Wildman–Crippen LogP) is 0.177. The van der Waals surface area contributed by atoms with Gasteiger partial charge in [-0.15, -0.1) is 10.2 Å². The molecular weight excluding hydrogens is 190 g/mol. The van der Waals surface area contributed by atoms with Crippen LogP contribution >= 0.6 is 0 Å². The molecule has 0 atom stereocenters. The van der Waals surface area contributed by atoms with Crippen LogP contribution in [0, 0.1) is 11.8 Å². The first-order valence-corrected chi connectivity index (χ1v) is 4.43. The normalized spacial score (nSPS) is 9.40. The van der Waals surface area contributed by atoms with Crippen molar-refractivity contribution < 1.29 is 0 Å². The first-order valence-electron chi connectivity index (χ1n) is 4.43. The number of hydrogen-bond acceptors (Lipinski definition) is 4. The van der Waals surface area contributed by atoms with Gasteiger partial charge in [-0.2, -0.15) is 5.21 Å². The van der Waals surface area contributed by atoms with E-state index in [4.69, 9.17) is 5.73 Å². The van der Waals surface area contributed by atoms with Gasteiger partial charge in [0.1, 0.15) is 0 Å². The van der Waals surface area contributed by atoms with Gasteiger partial charge in [0, 0.05) is 11.1 Å². The van der Waals surface area contributed by atoms with E-state index >= 15 is 0 Å². The van der Waals surface area contributed by atoms with Crippen LogP contribution in [0.25, 0.3) is 11.4 Å². The second kappa shape index (κ2) is 4.35. The van der Waals surface area contributed by atoms with Gasteiger partial charge in [-0.25, -0.2) is 0 Å². The molecule has 0 spiro atoms. The highest BCUT2D eigenvalue weighted by Crippen LogP contribution is 2.13. The highest BCUT2D eigenvalue weighted by atomic mass is 15.5. The van der Waals surface area contributed by atoms with E-state index < -0.39 is 0 Å². The number of H-pyrrole nitrogens is 1. The summed E-state index contributed by atoms with van der Waals surface area (Å²) in [6, 6.07) is 7.58. The van der Waals surface area contributed by atoms with E-state index in [1.54, 1.807) is 0 Å². The van der Waals surface area contributed by atoms with Gasteiger partial charge in [0.05, 0.1) is 6.54 Å². The van der Waals surface area contributed by atoms with E-state index in [1.165, 1.54) is 0 Å². The third-order valence-electron chi connectivity index (χ3n) is 1.82. The molecule has 74 valence electrons. The minimum Gasteiger partial charge on any atom is -0.320 e. The molecule has 0 saturated carbocycles. The Labute approximate surface area is 86.7 Å². The van der Waals surface area contributed by atoms with Gasteiger partial charge >= 0.3 is 0 Å². The third kappa shape index (κ3) is 2.18. The number of hydrogen-bond donors (Lipinski definition) is 2. The molecule has 1 aromatic carbocycles.